The van der Waals surface area contributed by atoms with Gasteiger partial charge in [-0.15, -0.1) is 5.10 Å². The van der Waals surface area contributed by atoms with Gasteiger partial charge in [0.25, 0.3) is 0 Å². The van der Waals surface area contributed by atoms with Crippen LogP contribution in [0.1, 0.15) is 29.2 Å². The Morgan fingerprint density at radius 1 is 1.27 bits per heavy atom. The van der Waals surface area contributed by atoms with Gasteiger partial charge in [-0.2, -0.15) is 4.52 Å². The summed E-state index contributed by atoms with van der Waals surface area (Å²) in [6.45, 7) is 5.54. The molecule has 0 bridgehead atoms. The molecule has 0 saturated carbocycles. The summed E-state index contributed by atoms with van der Waals surface area (Å²) in [4.78, 5) is 21.0. The molecule has 3 aromatic rings. The Bertz CT molecular complexity index is 1080. The minimum absolute atomic E-state index is 0.0850. The van der Waals surface area contributed by atoms with E-state index in [1.807, 2.05) is 4.90 Å². The number of nitrogens with zero attached hydrogens (tertiary/aromatic N) is 5. The first-order chi connectivity index (χ1) is 14.4. The largest absolute Gasteiger partial charge is 0.492 e. The molecular weight excluding hydrogens is 416 g/mol. The van der Waals surface area contributed by atoms with Crippen LogP contribution in [0.3, 0.4) is 0 Å². The Labute approximate surface area is 175 Å². The van der Waals surface area contributed by atoms with Gasteiger partial charge in [0.1, 0.15) is 5.82 Å². The van der Waals surface area contributed by atoms with Crippen LogP contribution in [0.25, 0.3) is 4.96 Å². The molecule has 1 saturated heterocycles. The van der Waals surface area contributed by atoms with Gasteiger partial charge in [-0.1, -0.05) is 17.4 Å². The van der Waals surface area contributed by atoms with Crippen LogP contribution in [0.4, 0.5) is 13.6 Å². The highest BCUT2D eigenvalue weighted by Gasteiger charge is 2.33. The lowest BCUT2D eigenvalue weighted by Crippen LogP contribution is -2.50. The van der Waals surface area contributed by atoms with Crippen LogP contribution in [-0.2, 0) is 4.74 Å². The van der Waals surface area contributed by atoms with Gasteiger partial charge in [-0.05, 0) is 31.5 Å². The molecule has 160 valence electrons. The highest BCUT2D eigenvalue weighted by atomic mass is 32.1. The van der Waals surface area contributed by atoms with Crippen LogP contribution >= 0.6 is 11.3 Å². The van der Waals surface area contributed by atoms with Crippen molar-refractivity contribution in [1.29, 1.82) is 0 Å². The first-order valence-corrected chi connectivity index (χ1v) is 10.4. The summed E-state index contributed by atoms with van der Waals surface area (Å²) in [6, 6.07) is 3.17. The third kappa shape index (κ3) is 3.70. The van der Waals surface area contributed by atoms with Gasteiger partial charge in [-0.25, -0.2) is 18.6 Å². The van der Waals surface area contributed by atoms with Crippen molar-refractivity contribution in [2.45, 2.75) is 19.9 Å². The second kappa shape index (κ2) is 8.15. The van der Waals surface area contributed by atoms with Crippen LogP contribution in [-0.4, -0.2) is 68.4 Å². The van der Waals surface area contributed by atoms with E-state index >= 15 is 0 Å². The van der Waals surface area contributed by atoms with Gasteiger partial charge in [0.15, 0.2) is 11.6 Å². The first-order valence-electron chi connectivity index (χ1n) is 9.54. The fourth-order valence-corrected chi connectivity index (χ4v) is 4.78. The predicted molar refractivity (Wildman–Crippen MR) is 106 cm³/mol. The van der Waals surface area contributed by atoms with Gasteiger partial charge in [0, 0.05) is 26.2 Å². The Kier molecular flexibility index (Phi) is 5.56. The van der Waals surface area contributed by atoms with Crippen molar-refractivity contribution in [3.8, 4) is 5.88 Å². The molecule has 1 aromatic carbocycles. The lowest BCUT2D eigenvalue weighted by Gasteiger charge is -2.38. The summed E-state index contributed by atoms with van der Waals surface area (Å²) in [5.41, 5.74) is 0.495. The summed E-state index contributed by atoms with van der Waals surface area (Å²) in [5, 5.41) is 15.0. The molecule has 8 nitrogen and oxygen atoms in total. The maximum atomic E-state index is 14.0. The summed E-state index contributed by atoms with van der Waals surface area (Å²) < 4.78 is 34.0. The van der Waals surface area contributed by atoms with Crippen LogP contribution in [0.15, 0.2) is 18.2 Å². The van der Waals surface area contributed by atoms with Crippen molar-refractivity contribution >= 4 is 22.4 Å². The zero-order chi connectivity index (χ0) is 21.4. The highest BCUT2D eigenvalue weighted by Crippen LogP contribution is 2.40. The molecule has 1 N–H and O–H groups in total. The molecule has 1 aliphatic rings. The van der Waals surface area contributed by atoms with E-state index in [9.17, 15) is 18.7 Å². The molecule has 1 fully saturated rings. The maximum Gasteiger partial charge on any atom is 0.409 e. The molecule has 1 amide bonds. The van der Waals surface area contributed by atoms with Crippen LogP contribution in [0.2, 0.25) is 0 Å². The fourth-order valence-electron chi connectivity index (χ4n) is 3.61. The second-order valence-electron chi connectivity index (χ2n) is 6.94. The van der Waals surface area contributed by atoms with Crippen molar-refractivity contribution in [2.24, 2.45) is 0 Å². The minimum Gasteiger partial charge on any atom is -0.492 e. The number of thiazole rings is 1. The number of benzene rings is 1. The molecule has 30 heavy (non-hydrogen) atoms. The number of amides is 1. The normalized spacial score (nSPS) is 16.2. The number of fused-ring (bicyclic) bond motifs is 1. The Hall–Kier alpha value is -2.79. The Morgan fingerprint density at radius 2 is 2.00 bits per heavy atom. The van der Waals surface area contributed by atoms with Crippen molar-refractivity contribution in [3.05, 3.63) is 46.1 Å². The lowest BCUT2D eigenvalue weighted by atomic mass is 10.0. The van der Waals surface area contributed by atoms with E-state index in [2.05, 4.69) is 10.1 Å². The fraction of sp³-hybridized carbons (Fsp3) is 0.421. The predicted octanol–water partition coefficient (Wildman–Crippen LogP) is 2.95. The number of aryl methyl sites for hydroxylation is 1. The van der Waals surface area contributed by atoms with Crippen LogP contribution in [0.5, 0.6) is 5.88 Å². The molecule has 0 aliphatic carbocycles. The van der Waals surface area contributed by atoms with E-state index < -0.39 is 17.7 Å². The third-order valence-electron chi connectivity index (χ3n) is 5.02. The molecule has 0 radical (unpaired) electrons. The number of hydrogen-bond donors (Lipinski definition) is 1. The van der Waals surface area contributed by atoms with E-state index in [0.717, 1.165) is 12.1 Å². The zero-order valence-corrected chi connectivity index (χ0v) is 17.3. The number of rotatable bonds is 4. The van der Waals surface area contributed by atoms with E-state index in [-0.39, 0.29) is 12.0 Å². The molecular formula is C19H21F2N5O3S. The van der Waals surface area contributed by atoms with Crippen LogP contribution < -0.4 is 0 Å². The molecule has 4 rings (SSSR count). The average molecular weight is 437 g/mol. The molecule has 2 aromatic heterocycles. The molecule has 3 heterocycles. The molecule has 1 unspecified atom stereocenters. The van der Waals surface area contributed by atoms with E-state index in [1.54, 1.807) is 18.7 Å². The monoisotopic (exact) mass is 437 g/mol. The highest BCUT2D eigenvalue weighted by molar-refractivity contribution is 7.17. The van der Waals surface area contributed by atoms with E-state index in [1.165, 1.54) is 21.9 Å². The Balaban J connectivity index is 1.69. The molecule has 1 atom stereocenters. The number of carbonyl (C=O) groups is 1. The SMILES string of the molecule is CCOC(=O)N1CCN(C(c2ccc(F)c(F)c2)c2sc3nc(C)nn3c2O)CC1. The number of halogens is 2. The van der Waals surface area contributed by atoms with Gasteiger partial charge >= 0.3 is 6.09 Å². The summed E-state index contributed by atoms with van der Waals surface area (Å²) >= 11 is 1.24. The van der Waals surface area contributed by atoms with Crippen molar-refractivity contribution in [2.75, 3.05) is 32.8 Å². The molecule has 0 spiro atoms. The maximum absolute atomic E-state index is 14.0. The summed E-state index contributed by atoms with van der Waals surface area (Å²) in [5.74, 6) is -1.46. The number of aromatic nitrogens is 3. The molecule has 11 heteroatoms. The number of piperazine rings is 1. The number of carbonyl (C=O) groups excluding carboxylic acids is 1. The van der Waals surface area contributed by atoms with Gasteiger partial charge in [0.05, 0.1) is 17.5 Å². The Morgan fingerprint density at radius 3 is 2.63 bits per heavy atom. The standard InChI is InChI=1S/C19H21F2N5O3S/c1-3-29-19(28)25-8-6-24(7-9-25)15(12-4-5-13(20)14(21)10-12)16-17(27)26-18(30-16)22-11(2)23-26/h4-5,10,15,27H,3,6-9H2,1-2H3. The van der Waals surface area contributed by atoms with E-state index in [0.29, 0.717) is 54.0 Å². The van der Waals surface area contributed by atoms with Gasteiger partial charge in [0.2, 0.25) is 10.8 Å². The van der Waals surface area contributed by atoms with Crippen LogP contribution in [0, 0.1) is 18.6 Å². The summed E-state index contributed by atoms with van der Waals surface area (Å²) in [6.07, 6.45) is -0.376. The first kappa shape index (κ1) is 20.5. The van der Waals surface area contributed by atoms with Crippen molar-refractivity contribution in [3.63, 3.8) is 0 Å². The number of ether oxygens (including phenoxy) is 1. The number of aromatic hydroxyl groups is 1. The summed E-state index contributed by atoms with van der Waals surface area (Å²) in [7, 11) is 0. The van der Waals surface area contributed by atoms with Gasteiger partial charge < -0.3 is 14.7 Å². The van der Waals surface area contributed by atoms with Gasteiger partial charge in [-0.3, -0.25) is 4.90 Å². The molecule has 1 aliphatic heterocycles. The zero-order valence-electron chi connectivity index (χ0n) is 16.5. The number of hydrogen-bond acceptors (Lipinski definition) is 7. The topological polar surface area (TPSA) is 83.2 Å². The third-order valence-corrected chi connectivity index (χ3v) is 6.09. The minimum atomic E-state index is -0.961. The van der Waals surface area contributed by atoms with Crippen molar-refractivity contribution in [1.82, 2.24) is 24.4 Å². The van der Waals surface area contributed by atoms with Crippen molar-refractivity contribution < 1.29 is 23.4 Å². The van der Waals surface area contributed by atoms with E-state index in [4.69, 9.17) is 4.74 Å². The average Bonchev–Trinajstić information content (AvgIpc) is 3.23. The second-order valence-corrected chi connectivity index (χ2v) is 7.95. The lowest BCUT2D eigenvalue weighted by molar-refractivity contribution is 0.0715. The quantitative estimate of drug-likeness (QED) is 0.676. The smallest absolute Gasteiger partial charge is 0.409 e.